The van der Waals surface area contributed by atoms with Crippen LogP contribution in [0.3, 0.4) is 0 Å². The Balaban J connectivity index is 2.41. The van der Waals surface area contributed by atoms with Crippen molar-refractivity contribution in [3.8, 4) is 5.75 Å². The summed E-state index contributed by atoms with van der Waals surface area (Å²) in [6.45, 7) is 5.34. The minimum atomic E-state index is 0.940. The van der Waals surface area contributed by atoms with Gasteiger partial charge in [-0.3, -0.25) is 0 Å². The Bertz CT molecular complexity index is 310. The van der Waals surface area contributed by atoms with E-state index in [-0.39, 0.29) is 0 Å². The van der Waals surface area contributed by atoms with Crippen LogP contribution in [0, 0.1) is 6.92 Å². The number of rotatable bonds is 7. The molecule has 0 atom stereocenters. The minimum absolute atomic E-state index is 0.940. The van der Waals surface area contributed by atoms with Gasteiger partial charge in [0.05, 0.1) is 12.8 Å². The molecule has 0 aliphatic heterocycles. The fourth-order valence-electron chi connectivity index (χ4n) is 1.72. The van der Waals surface area contributed by atoms with Crippen molar-refractivity contribution in [3.05, 3.63) is 23.8 Å². The van der Waals surface area contributed by atoms with Gasteiger partial charge in [0.1, 0.15) is 5.75 Å². The summed E-state index contributed by atoms with van der Waals surface area (Å²) in [6.07, 6.45) is 5.14. The minimum Gasteiger partial charge on any atom is -0.495 e. The summed E-state index contributed by atoms with van der Waals surface area (Å²) < 4.78 is 5.34. The second kappa shape index (κ2) is 7.15. The van der Waals surface area contributed by atoms with E-state index in [0.717, 1.165) is 18.0 Å². The molecule has 90 valence electrons. The molecule has 0 saturated carbocycles. The van der Waals surface area contributed by atoms with Gasteiger partial charge in [0.15, 0.2) is 0 Å². The zero-order chi connectivity index (χ0) is 11.8. The molecule has 1 aromatic carbocycles. The first-order valence-electron chi connectivity index (χ1n) is 6.16. The van der Waals surface area contributed by atoms with Crippen LogP contribution in [-0.2, 0) is 0 Å². The van der Waals surface area contributed by atoms with Crippen LogP contribution in [0.2, 0.25) is 0 Å². The van der Waals surface area contributed by atoms with Crippen LogP contribution in [0.4, 0.5) is 5.69 Å². The highest BCUT2D eigenvalue weighted by Gasteiger charge is 2.01. The zero-order valence-corrected chi connectivity index (χ0v) is 10.7. The molecule has 1 rings (SSSR count). The van der Waals surface area contributed by atoms with Crippen molar-refractivity contribution in [1.29, 1.82) is 0 Å². The second-order valence-corrected chi connectivity index (χ2v) is 4.19. The van der Waals surface area contributed by atoms with Gasteiger partial charge in [-0.25, -0.2) is 0 Å². The van der Waals surface area contributed by atoms with E-state index < -0.39 is 0 Å². The SMILES string of the molecule is CCCCCCNc1ccc(C)cc1OC. The van der Waals surface area contributed by atoms with Gasteiger partial charge in [-0.1, -0.05) is 32.3 Å². The van der Waals surface area contributed by atoms with Gasteiger partial charge in [-0.05, 0) is 31.0 Å². The van der Waals surface area contributed by atoms with E-state index in [2.05, 4.69) is 37.4 Å². The lowest BCUT2D eigenvalue weighted by Gasteiger charge is -2.11. The maximum absolute atomic E-state index is 5.34. The van der Waals surface area contributed by atoms with Crippen LogP contribution in [0.25, 0.3) is 0 Å². The smallest absolute Gasteiger partial charge is 0.142 e. The molecule has 1 aromatic rings. The zero-order valence-electron chi connectivity index (χ0n) is 10.7. The number of nitrogens with one attached hydrogen (secondary N) is 1. The average molecular weight is 221 g/mol. The average Bonchev–Trinajstić information content (AvgIpc) is 2.30. The normalized spacial score (nSPS) is 10.2. The van der Waals surface area contributed by atoms with Crippen LogP contribution in [0.1, 0.15) is 38.2 Å². The highest BCUT2D eigenvalue weighted by molar-refractivity contribution is 5.57. The number of unbranched alkanes of at least 4 members (excludes halogenated alkanes) is 3. The molecule has 0 saturated heterocycles. The standard InChI is InChI=1S/C14H23NO/c1-4-5-6-7-10-15-13-9-8-12(2)11-14(13)16-3/h8-9,11,15H,4-7,10H2,1-3H3. The van der Waals surface area contributed by atoms with E-state index in [1.807, 2.05) is 0 Å². The van der Waals surface area contributed by atoms with Crippen molar-refractivity contribution in [2.24, 2.45) is 0 Å². The molecule has 0 amide bonds. The first-order valence-corrected chi connectivity index (χ1v) is 6.16. The highest BCUT2D eigenvalue weighted by atomic mass is 16.5. The Labute approximate surface area is 99.0 Å². The predicted molar refractivity (Wildman–Crippen MR) is 70.4 cm³/mol. The molecule has 0 heterocycles. The maximum atomic E-state index is 5.34. The lowest BCUT2D eigenvalue weighted by atomic mass is 10.2. The number of methoxy groups -OCH3 is 1. The summed E-state index contributed by atoms with van der Waals surface area (Å²) >= 11 is 0. The molecule has 2 heteroatoms. The van der Waals surface area contributed by atoms with E-state index >= 15 is 0 Å². The monoisotopic (exact) mass is 221 g/mol. The molecule has 1 N–H and O–H groups in total. The Morgan fingerprint density at radius 3 is 2.69 bits per heavy atom. The molecule has 0 aliphatic carbocycles. The van der Waals surface area contributed by atoms with E-state index in [1.54, 1.807) is 7.11 Å². The number of ether oxygens (including phenoxy) is 1. The lowest BCUT2D eigenvalue weighted by Crippen LogP contribution is -2.03. The molecule has 0 unspecified atom stereocenters. The van der Waals surface area contributed by atoms with Crippen LogP contribution < -0.4 is 10.1 Å². The molecular formula is C14H23NO. The van der Waals surface area contributed by atoms with Crippen molar-refractivity contribution in [1.82, 2.24) is 0 Å². The van der Waals surface area contributed by atoms with Crippen LogP contribution >= 0.6 is 0 Å². The largest absolute Gasteiger partial charge is 0.495 e. The third kappa shape index (κ3) is 4.13. The predicted octanol–water partition coefficient (Wildman–Crippen LogP) is 4.00. The molecule has 16 heavy (non-hydrogen) atoms. The van der Waals surface area contributed by atoms with Crippen molar-refractivity contribution >= 4 is 5.69 Å². The van der Waals surface area contributed by atoms with Gasteiger partial charge >= 0.3 is 0 Å². The lowest BCUT2D eigenvalue weighted by molar-refractivity contribution is 0.416. The topological polar surface area (TPSA) is 21.3 Å². The van der Waals surface area contributed by atoms with E-state index in [4.69, 9.17) is 4.74 Å². The van der Waals surface area contributed by atoms with E-state index in [0.29, 0.717) is 0 Å². The fourth-order valence-corrected chi connectivity index (χ4v) is 1.72. The third-order valence-electron chi connectivity index (χ3n) is 2.70. The Morgan fingerprint density at radius 2 is 2.00 bits per heavy atom. The van der Waals surface area contributed by atoms with Gasteiger partial charge < -0.3 is 10.1 Å². The van der Waals surface area contributed by atoms with Gasteiger partial charge in [0, 0.05) is 6.54 Å². The van der Waals surface area contributed by atoms with Crippen molar-refractivity contribution < 1.29 is 4.74 Å². The molecule has 2 nitrogen and oxygen atoms in total. The summed E-state index contributed by atoms with van der Waals surface area (Å²) in [5, 5.41) is 3.43. The molecule has 0 fully saturated rings. The van der Waals surface area contributed by atoms with E-state index in [1.165, 1.54) is 31.2 Å². The summed E-state index contributed by atoms with van der Waals surface area (Å²) in [4.78, 5) is 0. The van der Waals surface area contributed by atoms with Crippen LogP contribution in [0.5, 0.6) is 5.75 Å². The first-order chi connectivity index (χ1) is 7.77. The second-order valence-electron chi connectivity index (χ2n) is 4.19. The summed E-state index contributed by atoms with van der Waals surface area (Å²) in [5.74, 6) is 0.940. The van der Waals surface area contributed by atoms with Gasteiger partial charge in [-0.2, -0.15) is 0 Å². The number of hydrogen-bond acceptors (Lipinski definition) is 2. The quantitative estimate of drug-likeness (QED) is 0.703. The van der Waals surface area contributed by atoms with Gasteiger partial charge in [-0.15, -0.1) is 0 Å². The third-order valence-corrected chi connectivity index (χ3v) is 2.70. The molecule has 0 bridgehead atoms. The highest BCUT2D eigenvalue weighted by Crippen LogP contribution is 2.25. The Kier molecular flexibility index (Phi) is 5.76. The fraction of sp³-hybridized carbons (Fsp3) is 0.571. The summed E-state index contributed by atoms with van der Waals surface area (Å²) in [6, 6.07) is 6.26. The number of anilines is 1. The molecule has 0 radical (unpaired) electrons. The first kappa shape index (κ1) is 12.9. The molecule has 0 spiro atoms. The maximum Gasteiger partial charge on any atom is 0.142 e. The van der Waals surface area contributed by atoms with E-state index in [9.17, 15) is 0 Å². The van der Waals surface area contributed by atoms with Crippen molar-refractivity contribution in [2.45, 2.75) is 39.5 Å². The molecular weight excluding hydrogens is 198 g/mol. The van der Waals surface area contributed by atoms with Gasteiger partial charge in [0.2, 0.25) is 0 Å². The Hall–Kier alpha value is -1.18. The number of aryl methyl sites for hydroxylation is 1. The summed E-state index contributed by atoms with van der Waals surface area (Å²) in [5.41, 5.74) is 2.33. The number of hydrogen-bond donors (Lipinski definition) is 1. The van der Waals surface area contributed by atoms with Crippen LogP contribution in [-0.4, -0.2) is 13.7 Å². The number of benzene rings is 1. The molecule has 0 aromatic heterocycles. The van der Waals surface area contributed by atoms with Crippen molar-refractivity contribution in [2.75, 3.05) is 19.0 Å². The van der Waals surface area contributed by atoms with Gasteiger partial charge in [0.25, 0.3) is 0 Å². The molecule has 0 aliphatic rings. The summed E-state index contributed by atoms with van der Waals surface area (Å²) in [7, 11) is 1.72. The van der Waals surface area contributed by atoms with Crippen molar-refractivity contribution in [3.63, 3.8) is 0 Å². The van der Waals surface area contributed by atoms with Crippen LogP contribution in [0.15, 0.2) is 18.2 Å². The Morgan fingerprint density at radius 1 is 1.19 bits per heavy atom.